The highest BCUT2D eigenvalue weighted by molar-refractivity contribution is 5.79. The summed E-state index contributed by atoms with van der Waals surface area (Å²) in [4.78, 5) is 4.77. The van der Waals surface area contributed by atoms with Crippen LogP contribution in [0.4, 0.5) is 0 Å². The summed E-state index contributed by atoms with van der Waals surface area (Å²) < 4.78 is 5.84. The second kappa shape index (κ2) is 4.91. The van der Waals surface area contributed by atoms with E-state index in [1.807, 2.05) is 6.07 Å². The van der Waals surface area contributed by atoms with Gasteiger partial charge in [0.2, 0.25) is 0 Å². The molecule has 0 spiro atoms. The van der Waals surface area contributed by atoms with Gasteiger partial charge in [0.05, 0.1) is 11.6 Å². The topological polar surface area (TPSA) is 21.6 Å². The number of hydrogen-bond acceptors (Lipinski definition) is 2. The van der Waals surface area contributed by atoms with E-state index in [2.05, 4.69) is 45.0 Å². The van der Waals surface area contributed by atoms with Crippen molar-refractivity contribution < 1.29 is 4.74 Å². The predicted octanol–water partition coefficient (Wildman–Crippen LogP) is 3.61. The Morgan fingerprint density at radius 2 is 2.06 bits per heavy atom. The third-order valence-corrected chi connectivity index (χ3v) is 3.42. The molecule has 0 aliphatic carbocycles. The predicted molar refractivity (Wildman–Crippen MR) is 71.4 cm³/mol. The van der Waals surface area contributed by atoms with Gasteiger partial charge in [-0.25, -0.2) is 4.99 Å². The first kappa shape index (κ1) is 12.2. The van der Waals surface area contributed by atoms with Gasteiger partial charge in [-0.2, -0.15) is 0 Å². The lowest BCUT2D eigenvalue weighted by atomic mass is 9.91. The van der Waals surface area contributed by atoms with Gasteiger partial charge >= 0.3 is 0 Å². The quantitative estimate of drug-likeness (QED) is 0.778. The van der Waals surface area contributed by atoms with Crippen molar-refractivity contribution in [2.45, 2.75) is 51.7 Å². The molecule has 0 aromatic heterocycles. The maximum absolute atomic E-state index is 5.84. The van der Waals surface area contributed by atoms with Crippen LogP contribution < -0.4 is 0 Å². The first-order valence-corrected chi connectivity index (χ1v) is 6.40. The number of nitrogens with zero attached hydrogens (tertiary/aromatic N) is 1. The fourth-order valence-electron chi connectivity index (χ4n) is 2.34. The first-order chi connectivity index (χ1) is 8.11. The van der Waals surface area contributed by atoms with Gasteiger partial charge in [-0.15, -0.1) is 0 Å². The van der Waals surface area contributed by atoms with E-state index in [1.165, 1.54) is 5.56 Å². The van der Waals surface area contributed by atoms with E-state index in [9.17, 15) is 0 Å². The zero-order valence-corrected chi connectivity index (χ0v) is 10.9. The van der Waals surface area contributed by atoms with Crippen molar-refractivity contribution in [3.63, 3.8) is 0 Å². The molecule has 0 amide bonds. The van der Waals surface area contributed by atoms with Crippen LogP contribution in [0.2, 0.25) is 0 Å². The molecule has 0 bridgehead atoms. The van der Waals surface area contributed by atoms with Crippen molar-refractivity contribution in [2.24, 2.45) is 4.99 Å². The number of aliphatic imine (C=N–C) groups is 1. The average molecular weight is 231 g/mol. The van der Waals surface area contributed by atoms with Crippen molar-refractivity contribution in [1.82, 2.24) is 0 Å². The molecule has 1 aromatic rings. The molecule has 2 heteroatoms. The van der Waals surface area contributed by atoms with E-state index in [0.717, 1.165) is 25.2 Å². The Labute approximate surface area is 104 Å². The van der Waals surface area contributed by atoms with E-state index in [1.54, 1.807) is 0 Å². The summed E-state index contributed by atoms with van der Waals surface area (Å²) in [6.07, 6.45) is 3.16. The van der Waals surface area contributed by atoms with Crippen LogP contribution in [0.1, 0.15) is 39.2 Å². The van der Waals surface area contributed by atoms with E-state index < -0.39 is 0 Å². The lowest BCUT2D eigenvalue weighted by Gasteiger charge is -2.33. The minimum atomic E-state index is 0.0573. The van der Waals surface area contributed by atoms with Gasteiger partial charge in [0.15, 0.2) is 5.90 Å². The maximum atomic E-state index is 5.84. The van der Waals surface area contributed by atoms with E-state index in [-0.39, 0.29) is 11.6 Å². The molecule has 2 rings (SSSR count). The monoisotopic (exact) mass is 231 g/mol. The first-order valence-electron chi connectivity index (χ1n) is 6.40. The van der Waals surface area contributed by atoms with Crippen molar-refractivity contribution in [1.29, 1.82) is 0 Å². The second-order valence-corrected chi connectivity index (χ2v) is 5.15. The lowest BCUT2D eigenvalue weighted by Crippen LogP contribution is -2.36. The van der Waals surface area contributed by atoms with Gasteiger partial charge in [-0.05, 0) is 25.8 Å². The summed E-state index contributed by atoms with van der Waals surface area (Å²) in [5.74, 6) is 0.888. The third-order valence-electron chi connectivity index (χ3n) is 3.42. The molecule has 2 unspecified atom stereocenters. The Kier molecular flexibility index (Phi) is 3.51. The molecular weight excluding hydrogens is 210 g/mol. The Morgan fingerprint density at radius 3 is 2.71 bits per heavy atom. The molecule has 17 heavy (non-hydrogen) atoms. The highest BCUT2D eigenvalue weighted by Gasteiger charge is 2.30. The fraction of sp³-hybridized carbons (Fsp3) is 0.533. The minimum absolute atomic E-state index is 0.0573. The molecule has 0 saturated heterocycles. The van der Waals surface area contributed by atoms with Gasteiger partial charge in [-0.1, -0.05) is 37.3 Å². The SMILES string of the molecule is CCC1(C)CC(C)OC(Cc2ccccc2)=N1. The third kappa shape index (κ3) is 3.09. The number of rotatable bonds is 3. The summed E-state index contributed by atoms with van der Waals surface area (Å²) in [7, 11) is 0. The smallest absolute Gasteiger partial charge is 0.188 e. The van der Waals surface area contributed by atoms with Gasteiger partial charge in [-0.3, -0.25) is 0 Å². The molecule has 1 aliphatic rings. The van der Waals surface area contributed by atoms with Crippen LogP contribution >= 0.6 is 0 Å². The van der Waals surface area contributed by atoms with Crippen LogP contribution in [0.15, 0.2) is 35.3 Å². The molecule has 92 valence electrons. The number of benzene rings is 1. The highest BCUT2D eigenvalue weighted by Crippen LogP contribution is 2.28. The van der Waals surface area contributed by atoms with Crippen LogP contribution in [-0.2, 0) is 11.2 Å². The molecular formula is C15H21NO. The zero-order chi connectivity index (χ0) is 12.3. The van der Waals surface area contributed by atoms with E-state index in [4.69, 9.17) is 9.73 Å². The molecule has 1 aromatic carbocycles. The van der Waals surface area contributed by atoms with Crippen LogP contribution in [0.3, 0.4) is 0 Å². The van der Waals surface area contributed by atoms with Crippen molar-refractivity contribution in [3.05, 3.63) is 35.9 Å². The molecule has 0 radical (unpaired) electrons. The summed E-state index contributed by atoms with van der Waals surface area (Å²) >= 11 is 0. The summed E-state index contributed by atoms with van der Waals surface area (Å²) in [6, 6.07) is 10.4. The zero-order valence-electron chi connectivity index (χ0n) is 10.9. The second-order valence-electron chi connectivity index (χ2n) is 5.15. The molecule has 2 nitrogen and oxygen atoms in total. The van der Waals surface area contributed by atoms with E-state index in [0.29, 0.717) is 0 Å². The summed E-state index contributed by atoms with van der Waals surface area (Å²) in [5.41, 5.74) is 1.32. The van der Waals surface area contributed by atoms with Crippen LogP contribution in [0, 0.1) is 0 Å². The number of hydrogen-bond donors (Lipinski definition) is 0. The highest BCUT2D eigenvalue weighted by atomic mass is 16.5. The van der Waals surface area contributed by atoms with Crippen LogP contribution in [0.25, 0.3) is 0 Å². The maximum Gasteiger partial charge on any atom is 0.188 e. The molecule has 1 heterocycles. The van der Waals surface area contributed by atoms with Crippen LogP contribution in [0.5, 0.6) is 0 Å². The molecule has 1 aliphatic heterocycles. The van der Waals surface area contributed by atoms with Crippen molar-refractivity contribution >= 4 is 5.90 Å². The van der Waals surface area contributed by atoms with Gasteiger partial charge in [0.1, 0.15) is 0 Å². The standard InChI is InChI=1S/C15H21NO/c1-4-15(3)11-12(2)17-14(16-15)10-13-8-6-5-7-9-13/h5-9,12H,4,10-11H2,1-3H3. The average Bonchev–Trinajstić information content (AvgIpc) is 2.29. The molecule has 0 saturated carbocycles. The molecule has 0 N–H and O–H groups in total. The fourth-order valence-corrected chi connectivity index (χ4v) is 2.34. The van der Waals surface area contributed by atoms with Gasteiger partial charge in [0.25, 0.3) is 0 Å². The summed E-state index contributed by atoms with van der Waals surface area (Å²) in [6.45, 7) is 6.55. The lowest BCUT2D eigenvalue weighted by molar-refractivity contribution is 0.133. The van der Waals surface area contributed by atoms with E-state index >= 15 is 0 Å². The van der Waals surface area contributed by atoms with Crippen LogP contribution in [-0.4, -0.2) is 17.5 Å². The molecule has 0 fully saturated rings. The van der Waals surface area contributed by atoms with Crippen molar-refractivity contribution in [3.8, 4) is 0 Å². The Bertz CT molecular complexity index is 399. The molecule has 2 atom stereocenters. The Balaban J connectivity index is 2.15. The minimum Gasteiger partial charge on any atom is -0.478 e. The Morgan fingerprint density at radius 1 is 1.35 bits per heavy atom. The van der Waals surface area contributed by atoms with Gasteiger partial charge in [0, 0.05) is 12.8 Å². The Hall–Kier alpha value is -1.31. The number of ether oxygens (including phenoxy) is 1. The normalized spacial score (nSPS) is 28.4. The summed E-state index contributed by atoms with van der Waals surface area (Å²) in [5, 5.41) is 0. The largest absolute Gasteiger partial charge is 0.478 e. The van der Waals surface area contributed by atoms with Crippen molar-refractivity contribution in [2.75, 3.05) is 0 Å². The van der Waals surface area contributed by atoms with Gasteiger partial charge < -0.3 is 4.74 Å².